The quantitative estimate of drug-likeness (QED) is 0.420. The van der Waals surface area contributed by atoms with Crippen molar-refractivity contribution < 1.29 is 19.3 Å². The maximum absolute atomic E-state index is 13.7. The number of anilines is 1. The number of carbonyl (C=O) groups excluding carboxylic acids is 3. The minimum Gasteiger partial charge on any atom is -0.363 e. The Bertz CT molecular complexity index is 1070. The van der Waals surface area contributed by atoms with Crippen LogP contribution in [0.3, 0.4) is 0 Å². The molecule has 1 aliphatic carbocycles. The molecule has 4 amide bonds. The van der Waals surface area contributed by atoms with Gasteiger partial charge in [-0.3, -0.25) is 29.9 Å². The molecular formula is C22H26N4O5. The standard InChI is InChI=1S/C22H26N4O5/c1-20(2)9-14-10-21(3,11-20)16-22(17(27)23-19(29)24(4)18(22)28)8-12-7-13(26(30)31)5-6-15(12)25(14)16/h5-7,14,16H,8-11H2,1-4H3,(H,23,27,29)/t14-,16+,21+,22-/m0/s1. The average Bonchev–Trinajstić information content (AvgIpc) is 2.90. The van der Waals surface area contributed by atoms with Crippen molar-refractivity contribution in [2.75, 3.05) is 11.9 Å². The fraction of sp³-hybridized carbons (Fsp3) is 0.591. The highest BCUT2D eigenvalue weighted by atomic mass is 16.6. The summed E-state index contributed by atoms with van der Waals surface area (Å²) in [5.41, 5.74) is -0.422. The Morgan fingerprint density at radius 3 is 2.55 bits per heavy atom. The molecule has 4 atom stereocenters. The number of carbonyl (C=O) groups is 3. The van der Waals surface area contributed by atoms with Crippen molar-refractivity contribution >= 4 is 29.2 Å². The number of nitrogens with one attached hydrogen (secondary N) is 1. The third kappa shape index (κ3) is 2.46. The van der Waals surface area contributed by atoms with Gasteiger partial charge in [-0.2, -0.15) is 0 Å². The van der Waals surface area contributed by atoms with Crippen molar-refractivity contribution in [3.05, 3.63) is 33.9 Å². The molecule has 164 valence electrons. The number of imide groups is 2. The van der Waals surface area contributed by atoms with E-state index in [0.717, 1.165) is 29.8 Å². The largest absolute Gasteiger partial charge is 0.363 e. The molecule has 1 N–H and O–H groups in total. The van der Waals surface area contributed by atoms with Gasteiger partial charge in [-0.1, -0.05) is 20.8 Å². The van der Waals surface area contributed by atoms with E-state index in [2.05, 4.69) is 31.0 Å². The van der Waals surface area contributed by atoms with Crippen molar-refractivity contribution in [3.8, 4) is 0 Å². The zero-order valence-electron chi connectivity index (χ0n) is 18.1. The summed E-state index contributed by atoms with van der Waals surface area (Å²) in [5.74, 6) is -1.13. The van der Waals surface area contributed by atoms with E-state index in [1.165, 1.54) is 19.2 Å². The first-order valence-corrected chi connectivity index (χ1v) is 10.6. The van der Waals surface area contributed by atoms with Crippen molar-refractivity contribution in [1.82, 2.24) is 10.2 Å². The lowest BCUT2D eigenvalue weighted by Crippen LogP contribution is -2.72. The molecule has 5 rings (SSSR count). The second-order valence-corrected chi connectivity index (χ2v) is 10.7. The van der Waals surface area contributed by atoms with E-state index in [0.29, 0.717) is 5.56 Å². The molecule has 1 aromatic rings. The van der Waals surface area contributed by atoms with Crippen molar-refractivity contribution in [3.63, 3.8) is 0 Å². The highest BCUT2D eigenvalue weighted by Crippen LogP contribution is 2.64. The van der Waals surface area contributed by atoms with Gasteiger partial charge in [0.2, 0.25) is 11.8 Å². The van der Waals surface area contributed by atoms with Crippen LogP contribution in [0.1, 0.15) is 45.6 Å². The van der Waals surface area contributed by atoms with Crippen LogP contribution in [-0.4, -0.2) is 46.8 Å². The molecule has 1 aromatic carbocycles. The summed E-state index contributed by atoms with van der Waals surface area (Å²) in [6.45, 7) is 6.55. The lowest BCUT2D eigenvalue weighted by Gasteiger charge is -2.53. The smallest absolute Gasteiger partial charge is 0.330 e. The Labute approximate surface area is 179 Å². The zero-order valence-corrected chi connectivity index (χ0v) is 18.1. The predicted molar refractivity (Wildman–Crippen MR) is 111 cm³/mol. The maximum Gasteiger partial charge on any atom is 0.330 e. The first kappa shape index (κ1) is 20.0. The van der Waals surface area contributed by atoms with Crippen LogP contribution in [0.15, 0.2) is 18.2 Å². The normalized spacial score (nSPS) is 35.7. The van der Waals surface area contributed by atoms with E-state index in [9.17, 15) is 24.5 Å². The van der Waals surface area contributed by atoms with Gasteiger partial charge in [-0.05, 0) is 41.7 Å². The summed E-state index contributed by atoms with van der Waals surface area (Å²) in [6, 6.07) is 3.67. The van der Waals surface area contributed by atoms with Crippen molar-refractivity contribution in [1.29, 1.82) is 0 Å². The van der Waals surface area contributed by atoms with Crippen LogP contribution in [0.4, 0.5) is 16.2 Å². The van der Waals surface area contributed by atoms with Crippen LogP contribution in [0.2, 0.25) is 0 Å². The molecule has 1 spiro atoms. The van der Waals surface area contributed by atoms with E-state index < -0.39 is 34.2 Å². The van der Waals surface area contributed by atoms with Gasteiger partial charge in [-0.25, -0.2) is 4.79 Å². The Balaban J connectivity index is 1.78. The van der Waals surface area contributed by atoms with E-state index >= 15 is 0 Å². The molecule has 2 bridgehead atoms. The number of urea groups is 1. The van der Waals surface area contributed by atoms with E-state index in [1.54, 1.807) is 6.07 Å². The lowest BCUT2D eigenvalue weighted by atomic mass is 9.56. The fourth-order valence-electron chi connectivity index (χ4n) is 7.26. The van der Waals surface area contributed by atoms with Gasteiger partial charge in [0.1, 0.15) is 0 Å². The molecule has 3 aliphatic heterocycles. The molecule has 0 aromatic heterocycles. The Hall–Kier alpha value is -2.97. The summed E-state index contributed by atoms with van der Waals surface area (Å²) >= 11 is 0. The molecular weight excluding hydrogens is 400 g/mol. The molecule has 31 heavy (non-hydrogen) atoms. The minimum atomic E-state index is -1.51. The summed E-state index contributed by atoms with van der Waals surface area (Å²) in [7, 11) is 1.38. The second kappa shape index (κ2) is 5.83. The summed E-state index contributed by atoms with van der Waals surface area (Å²) in [6.07, 6.45) is 2.61. The van der Waals surface area contributed by atoms with Crippen LogP contribution >= 0.6 is 0 Å². The van der Waals surface area contributed by atoms with Gasteiger partial charge in [0.25, 0.3) is 5.69 Å². The summed E-state index contributed by atoms with van der Waals surface area (Å²) < 4.78 is 0. The van der Waals surface area contributed by atoms with Crippen LogP contribution in [0.25, 0.3) is 0 Å². The first-order valence-electron chi connectivity index (χ1n) is 10.6. The SMILES string of the molecule is CN1C(=O)NC(=O)[C@@]2(Cc3cc([N+](=O)[O-])ccc3N3[C@H]4CC(C)(C)C[C@@](C)(C4)[C@@H]32)C1=O. The van der Waals surface area contributed by atoms with Crippen molar-refractivity contribution in [2.24, 2.45) is 16.2 Å². The molecule has 9 nitrogen and oxygen atoms in total. The monoisotopic (exact) mass is 426 g/mol. The first-order chi connectivity index (χ1) is 14.4. The number of fused-ring (bicyclic) bond motifs is 8. The van der Waals surface area contributed by atoms with Gasteiger partial charge >= 0.3 is 6.03 Å². The van der Waals surface area contributed by atoms with Gasteiger partial charge in [-0.15, -0.1) is 0 Å². The number of non-ortho nitro benzene ring substituents is 1. The van der Waals surface area contributed by atoms with E-state index in [-0.39, 0.29) is 29.0 Å². The number of nitrogens with zero attached hydrogens (tertiary/aromatic N) is 3. The van der Waals surface area contributed by atoms with Crippen LogP contribution < -0.4 is 10.2 Å². The number of nitro groups is 1. The van der Waals surface area contributed by atoms with Crippen LogP contribution in [-0.2, 0) is 16.0 Å². The number of nitro benzene ring substituents is 1. The molecule has 1 saturated carbocycles. The number of amides is 4. The van der Waals surface area contributed by atoms with Gasteiger partial charge in [0.05, 0.1) is 11.0 Å². The Morgan fingerprint density at radius 1 is 1.16 bits per heavy atom. The van der Waals surface area contributed by atoms with E-state index in [1.807, 2.05) is 0 Å². The second-order valence-electron chi connectivity index (χ2n) is 10.7. The van der Waals surface area contributed by atoms with Crippen molar-refractivity contribution in [2.45, 2.75) is 58.5 Å². The van der Waals surface area contributed by atoms with Gasteiger partial charge in [0, 0.05) is 37.3 Å². The lowest BCUT2D eigenvalue weighted by molar-refractivity contribution is -0.384. The highest BCUT2D eigenvalue weighted by Gasteiger charge is 2.71. The number of benzene rings is 1. The molecule has 3 heterocycles. The van der Waals surface area contributed by atoms with Gasteiger partial charge < -0.3 is 4.90 Å². The summed E-state index contributed by atoms with van der Waals surface area (Å²) in [4.78, 5) is 53.4. The molecule has 4 aliphatic rings. The Morgan fingerprint density at radius 2 is 1.87 bits per heavy atom. The average molecular weight is 426 g/mol. The Kier molecular flexibility index (Phi) is 3.76. The summed E-state index contributed by atoms with van der Waals surface area (Å²) in [5, 5.41) is 13.8. The third-order valence-electron chi connectivity index (χ3n) is 7.81. The minimum absolute atomic E-state index is 0.0209. The molecule has 3 fully saturated rings. The van der Waals surface area contributed by atoms with Gasteiger partial charge in [0.15, 0.2) is 5.41 Å². The number of rotatable bonds is 1. The number of hydrogen-bond donors (Lipinski definition) is 1. The highest BCUT2D eigenvalue weighted by molar-refractivity contribution is 6.20. The number of hydrogen-bond acceptors (Lipinski definition) is 6. The molecule has 0 unspecified atom stereocenters. The topological polar surface area (TPSA) is 113 Å². The molecule has 0 radical (unpaired) electrons. The van der Waals surface area contributed by atoms with E-state index in [4.69, 9.17) is 0 Å². The predicted octanol–water partition coefficient (Wildman–Crippen LogP) is 2.62. The van der Waals surface area contributed by atoms with Crippen LogP contribution in [0.5, 0.6) is 0 Å². The maximum atomic E-state index is 13.7. The zero-order chi connectivity index (χ0) is 22.5. The molecule has 9 heteroatoms. The molecule has 2 saturated heterocycles. The fourth-order valence-corrected chi connectivity index (χ4v) is 7.26. The number of barbiturate groups is 1. The van der Waals surface area contributed by atoms with Crippen LogP contribution in [0, 0.1) is 26.4 Å². The third-order valence-corrected chi connectivity index (χ3v) is 7.81.